The fourth-order valence-corrected chi connectivity index (χ4v) is 2.58. The quantitative estimate of drug-likeness (QED) is 0.864. The molecular weight excluding hydrogens is 268 g/mol. The number of primary sulfonamides is 1. The number of ether oxygens (including phenoxy) is 1. The van der Waals surface area contributed by atoms with Gasteiger partial charge in [0.1, 0.15) is 10.6 Å². The number of nitrogens with one attached hydrogen (secondary N) is 1. The third-order valence-corrected chi connectivity index (χ3v) is 4.16. The number of sulfonamides is 1. The molecule has 0 saturated heterocycles. The van der Waals surface area contributed by atoms with Crippen LogP contribution in [0.4, 0.5) is 5.69 Å². The van der Waals surface area contributed by atoms with Crippen LogP contribution in [0.2, 0.25) is 0 Å². The van der Waals surface area contributed by atoms with Gasteiger partial charge in [-0.3, -0.25) is 4.79 Å². The minimum atomic E-state index is -3.84. The van der Waals surface area contributed by atoms with Gasteiger partial charge in [0, 0.05) is 17.7 Å². The van der Waals surface area contributed by atoms with Crippen LogP contribution < -0.4 is 15.2 Å². The summed E-state index contributed by atoms with van der Waals surface area (Å²) in [6.07, 6.45) is 2.88. The number of methoxy groups -OCH3 is 1. The van der Waals surface area contributed by atoms with E-state index in [0.717, 1.165) is 19.3 Å². The number of hydrogen-bond acceptors (Lipinski definition) is 4. The molecule has 7 heteroatoms. The molecule has 1 fully saturated rings. The van der Waals surface area contributed by atoms with Crippen LogP contribution in [0.5, 0.6) is 5.75 Å². The monoisotopic (exact) mass is 284 g/mol. The minimum absolute atomic E-state index is 0.0448. The van der Waals surface area contributed by atoms with E-state index in [1.165, 1.54) is 25.3 Å². The Labute approximate surface area is 112 Å². The second-order valence-corrected chi connectivity index (χ2v) is 6.06. The van der Waals surface area contributed by atoms with E-state index >= 15 is 0 Å². The van der Waals surface area contributed by atoms with Gasteiger partial charge >= 0.3 is 0 Å². The Morgan fingerprint density at radius 3 is 2.58 bits per heavy atom. The highest BCUT2D eigenvalue weighted by molar-refractivity contribution is 7.89. The van der Waals surface area contributed by atoms with Crippen molar-refractivity contribution in [3.05, 3.63) is 18.2 Å². The highest BCUT2D eigenvalue weighted by Gasteiger charge is 2.25. The lowest BCUT2D eigenvalue weighted by molar-refractivity contribution is -0.122. The molecule has 0 heterocycles. The molecule has 0 unspecified atom stereocenters. The van der Waals surface area contributed by atoms with Gasteiger partial charge in [-0.2, -0.15) is 0 Å². The van der Waals surface area contributed by atoms with E-state index in [-0.39, 0.29) is 22.5 Å². The Bertz CT molecular complexity index is 594. The van der Waals surface area contributed by atoms with Crippen LogP contribution in [-0.2, 0) is 14.8 Å². The molecule has 19 heavy (non-hydrogen) atoms. The molecule has 6 nitrogen and oxygen atoms in total. The Morgan fingerprint density at radius 1 is 1.42 bits per heavy atom. The van der Waals surface area contributed by atoms with Crippen molar-refractivity contribution >= 4 is 21.6 Å². The van der Waals surface area contributed by atoms with Gasteiger partial charge in [0.05, 0.1) is 7.11 Å². The van der Waals surface area contributed by atoms with Crippen LogP contribution in [0.1, 0.15) is 19.3 Å². The highest BCUT2D eigenvalue weighted by atomic mass is 32.2. The number of amides is 1. The molecular formula is C12H16N2O4S. The highest BCUT2D eigenvalue weighted by Crippen LogP contribution is 2.30. The fraction of sp³-hybridized carbons (Fsp3) is 0.417. The summed E-state index contributed by atoms with van der Waals surface area (Å²) in [5.41, 5.74) is 0.501. The van der Waals surface area contributed by atoms with Crippen LogP contribution in [-0.4, -0.2) is 21.4 Å². The van der Waals surface area contributed by atoms with Gasteiger partial charge in [-0.25, -0.2) is 13.6 Å². The van der Waals surface area contributed by atoms with Gasteiger partial charge in [0.2, 0.25) is 15.9 Å². The first-order valence-corrected chi connectivity index (χ1v) is 7.48. The van der Waals surface area contributed by atoms with E-state index in [4.69, 9.17) is 9.88 Å². The molecule has 0 bridgehead atoms. The molecule has 1 aliphatic carbocycles. The normalized spacial score (nSPS) is 15.7. The second kappa shape index (κ2) is 5.18. The molecule has 0 spiro atoms. The number of carbonyl (C=O) groups excluding carboxylic acids is 1. The number of benzene rings is 1. The third kappa shape index (κ3) is 3.05. The first-order valence-electron chi connectivity index (χ1n) is 5.93. The summed E-state index contributed by atoms with van der Waals surface area (Å²) < 4.78 is 27.6. The maximum absolute atomic E-state index is 11.8. The molecule has 2 rings (SSSR count). The summed E-state index contributed by atoms with van der Waals surface area (Å²) in [6.45, 7) is 0. The smallest absolute Gasteiger partial charge is 0.241 e. The summed E-state index contributed by atoms with van der Waals surface area (Å²) in [5.74, 6) is 0.134. The minimum Gasteiger partial charge on any atom is -0.495 e. The third-order valence-electron chi connectivity index (χ3n) is 3.21. The number of hydrogen-bond donors (Lipinski definition) is 2. The van der Waals surface area contributed by atoms with Gasteiger partial charge in [-0.05, 0) is 25.0 Å². The van der Waals surface area contributed by atoms with Crippen LogP contribution in [0.25, 0.3) is 0 Å². The Balaban J connectivity index is 2.21. The van der Waals surface area contributed by atoms with Gasteiger partial charge in [-0.15, -0.1) is 0 Å². The molecule has 0 aromatic heterocycles. The average molecular weight is 284 g/mol. The van der Waals surface area contributed by atoms with Gasteiger partial charge in [0.25, 0.3) is 0 Å². The number of anilines is 1. The first-order chi connectivity index (χ1) is 8.91. The number of rotatable bonds is 4. The van der Waals surface area contributed by atoms with Crippen molar-refractivity contribution in [3.63, 3.8) is 0 Å². The van der Waals surface area contributed by atoms with Crippen molar-refractivity contribution in [1.82, 2.24) is 0 Å². The Morgan fingerprint density at radius 2 is 2.11 bits per heavy atom. The van der Waals surface area contributed by atoms with Crippen molar-refractivity contribution in [2.75, 3.05) is 12.4 Å². The Hall–Kier alpha value is -1.60. The molecule has 1 aromatic carbocycles. The maximum Gasteiger partial charge on any atom is 0.241 e. The van der Waals surface area contributed by atoms with Crippen LogP contribution in [0.15, 0.2) is 23.1 Å². The fourth-order valence-electron chi connectivity index (χ4n) is 1.90. The summed E-state index contributed by atoms with van der Waals surface area (Å²) >= 11 is 0. The molecule has 0 atom stereocenters. The van der Waals surface area contributed by atoms with E-state index in [1.807, 2.05) is 0 Å². The molecule has 1 saturated carbocycles. The summed E-state index contributed by atoms with van der Waals surface area (Å²) in [6, 6.07) is 4.28. The summed E-state index contributed by atoms with van der Waals surface area (Å²) in [4.78, 5) is 11.7. The maximum atomic E-state index is 11.8. The molecule has 1 amide bonds. The van der Waals surface area contributed by atoms with Gasteiger partial charge in [-0.1, -0.05) is 6.42 Å². The lowest BCUT2D eigenvalue weighted by Crippen LogP contribution is -2.28. The predicted molar refractivity (Wildman–Crippen MR) is 70.3 cm³/mol. The van der Waals surface area contributed by atoms with E-state index < -0.39 is 10.0 Å². The van der Waals surface area contributed by atoms with Gasteiger partial charge in [0.15, 0.2) is 0 Å². The zero-order chi connectivity index (χ0) is 14.0. The molecule has 0 aliphatic heterocycles. The molecule has 104 valence electrons. The van der Waals surface area contributed by atoms with Gasteiger partial charge < -0.3 is 10.1 Å². The zero-order valence-electron chi connectivity index (χ0n) is 10.5. The van der Waals surface area contributed by atoms with Crippen LogP contribution in [0, 0.1) is 5.92 Å². The Kier molecular flexibility index (Phi) is 3.77. The number of carbonyl (C=O) groups is 1. The second-order valence-electron chi connectivity index (χ2n) is 4.53. The summed E-state index contributed by atoms with van der Waals surface area (Å²) in [5, 5.41) is 7.81. The van der Waals surface area contributed by atoms with Crippen molar-refractivity contribution in [2.45, 2.75) is 24.2 Å². The SMILES string of the molecule is COc1cc(NC(=O)C2CCC2)ccc1S(N)(=O)=O. The largest absolute Gasteiger partial charge is 0.495 e. The van der Waals surface area contributed by atoms with E-state index in [0.29, 0.717) is 5.69 Å². The topological polar surface area (TPSA) is 98.5 Å². The number of nitrogens with two attached hydrogens (primary N) is 1. The van der Waals surface area contributed by atoms with Crippen molar-refractivity contribution in [2.24, 2.45) is 11.1 Å². The van der Waals surface area contributed by atoms with E-state index in [2.05, 4.69) is 5.32 Å². The van der Waals surface area contributed by atoms with Crippen molar-refractivity contribution < 1.29 is 17.9 Å². The lowest BCUT2D eigenvalue weighted by atomic mass is 9.85. The molecule has 0 radical (unpaired) electrons. The van der Waals surface area contributed by atoms with Crippen molar-refractivity contribution in [1.29, 1.82) is 0 Å². The van der Waals surface area contributed by atoms with E-state index in [1.54, 1.807) is 0 Å². The van der Waals surface area contributed by atoms with Crippen LogP contribution in [0.3, 0.4) is 0 Å². The van der Waals surface area contributed by atoms with Crippen molar-refractivity contribution in [3.8, 4) is 5.75 Å². The van der Waals surface area contributed by atoms with E-state index in [9.17, 15) is 13.2 Å². The molecule has 1 aromatic rings. The summed E-state index contributed by atoms with van der Waals surface area (Å²) in [7, 11) is -2.49. The predicted octanol–water partition coefficient (Wildman–Crippen LogP) is 1.08. The average Bonchev–Trinajstić information content (AvgIpc) is 2.24. The standard InChI is InChI=1S/C12H16N2O4S/c1-18-10-7-9(5-6-11(10)19(13,16)17)14-12(15)8-3-2-4-8/h5-8H,2-4H2,1H3,(H,14,15)(H2,13,16,17). The zero-order valence-corrected chi connectivity index (χ0v) is 11.4. The lowest BCUT2D eigenvalue weighted by Gasteiger charge is -2.24. The molecule has 3 N–H and O–H groups in total. The van der Waals surface area contributed by atoms with Crippen LogP contribution >= 0.6 is 0 Å². The molecule has 1 aliphatic rings. The first kappa shape index (κ1) is 13.8.